The van der Waals surface area contributed by atoms with Crippen LogP contribution in [0.25, 0.3) is 0 Å². The zero-order chi connectivity index (χ0) is 16.2. The van der Waals surface area contributed by atoms with Crippen molar-refractivity contribution in [3.05, 3.63) is 29.3 Å². The highest BCUT2D eigenvalue weighted by Crippen LogP contribution is 2.24. The van der Waals surface area contributed by atoms with E-state index in [1.807, 2.05) is 52.1 Å². The summed E-state index contributed by atoms with van der Waals surface area (Å²) in [7, 11) is 0. The molecule has 1 amide bonds. The molecule has 1 aromatic rings. The quantitative estimate of drug-likeness (QED) is 0.819. The first kappa shape index (κ1) is 17.6. The predicted octanol–water partition coefficient (Wildman–Crippen LogP) is 3.34. The van der Waals surface area contributed by atoms with Crippen LogP contribution in [0, 0.1) is 12.3 Å². The van der Waals surface area contributed by atoms with Crippen LogP contribution < -0.4 is 5.32 Å². The molecule has 0 aromatic heterocycles. The van der Waals surface area contributed by atoms with Gasteiger partial charge in [-0.15, -0.1) is 11.8 Å². The van der Waals surface area contributed by atoms with E-state index in [1.165, 1.54) is 0 Å². The van der Waals surface area contributed by atoms with Gasteiger partial charge in [0, 0.05) is 16.5 Å². The van der Waals surface area contributed by atoms with E-state index in [9.17, 15) is 9.59 Å². The van der Waals surface area contributed by atoms with Crippen molar-refractivity contribution in [1.82, 2.24) is 5.32 Å². The molecule has 0 saturated carbocycles. The van der Waals surface area contributed by atoms with Gasteiger partial charge in [0.05, 0.1) is 6.42 Å². The molecule has 0 radical (unpaired) electrons. The normalized spacial score (nSPS) is 12.8. The van der Waals surface area contributed by atoms with E-state index in [2.05, 4.69) is 5.32 Å². The van der Waals surface area contributed by atoms with Crippen molar-refractivity contribution >= 4 is 23.6 Å². The molecule has 21 heavy (non-hydrogen) atoms. The lowest BCUT2D eigenvalue weighted by atomic mass is 9.84. The summed E-state index contributed by atoms with van der Waals surface area (Å²) in [4.78, 5) is 24.5. The summed E-state index contributed by atoms with van der Waals surface area (Å²) in [5.74, 6) is -1.13. The molecule has 0 aliphatic rings. The third-order valence-corrected chi connectivity index (χ3v) is 4.14. The number of hydrogen-bond acceptors (Lipinski definition) is 3. The molecule has 0 aliphatic heterocycles. The van der Waals surface area contributed by atoms with E-state index in [4.69, 9.17) is 5.11 Å². The van der Waals surface area contributed by atoms with Crippen LogP contribution >= 0.6 is 11.8 Å². The molecule has 1 rings (SSSR count). The fourth-order valence-electron chi connectivity index (χ4n) is 1.96. The van der Waals surface area contributed by atoms with Crippen molar-refractivity contribution in [2.24, 2.45) is 5.41 Å². The van der Waals surface area contributed by atoms with Crippen LogP contribution in [-0.4, -0.2) is 29.3 Å². The second-order valence-corrected chi connectivity index (χ2v) is 7.05. The average molecular weight is 309 g/mol. The van der Waals surface area contributed by atoms with Crippen LogP contribution in [0.2, 0.25) is 0 Å². The van der Waals surface area contributed by atoms with Gasteiger partial charge in [0.1, 0.15) is 0 Å². The van der Waals surface area contributed by atoms with Crippen molar-refractivity contribution < 1.29 is 14.7 Å². The summed E-state index contributed by atoms with van der Waals surface area (Å²) in [5.41, 5.74) is 1.16. The Balaban J connectivity index is 2.99. The van der Waals surface area contributed by atoms with Crippen molar-refractivity contribution in [3.8, 4) is 0 Å². The molecule has 1 atom stereocenters. The summed E-state index contributed by atoms with van der Waals surface area (Å²) < 4.78 is 0. The summed E-state index contributed by atoms with van der Waals surface area (Å²) >= 11 is 1.57. The van der Waals surface area contributed by atoms with E-state index in [0.717, 1.165) is 10.5 Å². The number of benzene rings is 1. The maximum absolute atomic E-state index is 12.5. The van der Waals surface area contributed by atoms with Crippen molar-refractivity contribution in [2.45, 2.75) is 45.1 Å². The maximum Gasteiger partial charge on any atom is 0.305 e. The SMILES string of the molecule is CSc1ccc(C)c(C(=O)NC(CC(=O)O)C(C)(C)C)c1. The van der Waals surface area contributed by atoms with Crippen LogP contribution in [0.15, 0.2) is 23.1 Å². The van der Waals surface area contributed by atoms with Crippen LogP contribution in [0.3, 0.4) is 0 Å². The average Bonchev–Trinajstić information content (AvgIpc) is 2.36. The van der Waals surface area contributed by atoms with Gasteiger partial charge in [-0.05, 0) is 36.3 Å². The van der Waals surface area contributed by atoms with Gasteiger partial charge >= 0.3 is 5.97 Å². The molecular weight excluding hydrogens is 286 g/mol. The summed E-state index contributed by atoms with van der Waals surface area (Å²) in [6.45, 7) is 7.65. The van der Waals surface area contributed by atoms with Gasteiger partial charge in [-0.2, -0.15) is 0 Å². The van der Waals surface area contributed by atoms with E-state index in [1.54, 1.807) is 11.8 Å². The molecule has 5 heteroatoms. The smallest absolute Gasteiger partial charge is 0.305 e. The van der Waals surface area contributed by atoms with Crippen LogP contribution in [-0.2, 0) is 4.79 Å². The fourth-order valence-corrected chi connectivity index (χ4v) is 2.40. The van der Waals surface area contributed by atoms with Gasteiger partial charge < -0.3 is 10.4 Å². The Kier molecular flexibility index (Phi) is 5.84. The summed E-state index contributed by atoms with van der Waals surface area (Å²) in [6.07, 6.45) is 1.87. The van der Waals surface area contributed by atoms with Gasteiger partial charge in [-0.25, -0.2) is 0 Å². The van der Waals surface area contributed by atoms with Gasteiger partial charge in [0.2, 0.25) is 0 Å². The van der Waals surface area contributed by atoms with Crippen LogP contribution in [0.5, 0.6) is 0 Å². The number of carboxylic acid groups (broad SMARTS) is 1. The Bertz CT molecular complexity index is 535. The van der Waals surface area contributed by atoms with Gasteiger partial charge in [0.15, 0.2) is 0 Å². The predicted molar refractivity (Wildman–Crippen MR) is 85.9 cm³/mol. The van der Waals surface area contributed by atoms with Crippen LogP contribution in [0.4, 0.5) is 0 Å². The van der Waals surface area contributed by atoms with E-state index in [-0.39, 0.29) is 17.7 Å². The number of aryl methyl sites for hydroxylation is 1. The second kappa shape index (κ2) is 6.98. The number of hydrogen-bond donors (Lipinski definition) is 2. The molecule has 0 aliphatic carbocycles. The third-order valence-electron chi connectivity index (χ3n) is 3.42. The van der Waals surface area contributed by atoms with Crippen molar-refractivity contribution in [1.29, 1.82) is 0 Å². The Hall–Kier alpha value is -1.49. The van der Waals surface area contributed by atoms with Gasteiger partial charge in [-0.1, -0.05) is 26.8 Å². The molecule has 0 heterocycles. The first-order chi connectivity index (χ1) is 9.65. The molecule has 0 fully saturated rings. The van der Waals surface area contributed by atoms with Gasteiger partial charge in [-0.3, -0.25) is 9.59 Å². The lowest BCUT2D eigenvalue weighted by Crippen LogP contribution is -2.45. The Morgan fingerprint density at radius 2 is 1.95 bits per heavy atom. The number of aliphatic carboxylic acids is 1. The number of thioether (sulfide) groups is 1. The minimum atomic E-state index is -0.912. The Labute approximate surface area is 130 Å². The number of carbonyl (C=O) groups excluding carboxylic acids is 1. The van der Waals surface area contributed by atoms with Gasteiger partial charge in [0.25, 0.3) is 5.91 Å². The lowest BCUT2D eigenvalue weighted by molar-refractivity contribution is -0.138. The molecule has 0 saturated heterocycles. The first-order valence-electron chi connectivity index (χ1n) is 6.82. The number of rotatable bonds is 5. The molecular formula is C16H23NO3S. The molecule has 1 aromatic carbocycles. The van der Waals surface area contributed by atoms with E-state index >= 15 is 0 Å². The molecule has 4 nitrogen and oxygen atoms in total. The Morgan fingerprint density at radius 1 is 1.33 bits per heavy atom. The maximum atomic E-state index is 12.5. The van der Waals surface area contributed by atoms with Crippen LogP contribution in [0.1, 0.15) is 43.1 Å². The minimum Gasteiger partial charge on any atom is -0.481 e. The summed E-state index contributed by atoms with van der Waals surface area (Å²) in [6, 6.07) is 5.30. The van der Waals surface area contributed by atoms with E-state index in [0.29, 0.717) is 5.56 Å². The standard InChI is InChI=1S/C16H23NO3S/c1-10-6-7-11(21-5)8-12(10)15(20)17-13(9-14(18)19)16(2,3)4/h6-8,13H,9H2,1-5H3,(H,17,20)(H,18,19). The number of carboxylic acids is 1. The third kappa shape index (κ3) is 5.08. The zero-order valence-electron chi connectivity index (χ0n) is 13.2. The minimum absolute atomic E-state index is 0.0868. The van der Waals surface area contributed by atoms with Crippen molar-refractivity contribution in [3.63, 3.8) is 0 Å². The van der Waals surface area contributed by atoms with E-state index < -0.39 is 12.0 Å². The largest absolute Gasteiger partial charge is 0.481 e. The highest BCUT2D eigenvalue weighted by Gasteiger charge is 2.29. The fraction of sp³-hybridized carbons (Fsp3) is 0.500. The molecule has 0 spiro atoms. The highest BCUT2D eigenvalue weighted by molar-refractivity contribution is 7.98. The number of carbonyl (C=O) groups is 2. The second-order valence-electron chi connectivity index (χ2n) is 6.17. The Morgan fingerprint density at radius 3 is 2.43 bits per heavy atom. The highest BCUT2D eigenvalue weighted by atomic mass is 32.2. The molecule has 2 N–H and O–H groups in total. The topological polar surface area (TPSA) is 66.4 Å². The molecule has 0 bridgehead atoms. The monoisotopic (exact) mass is 309 g/mol. The molecule has 116 valence electrons. The molecule has 1 unspecified atom stereocenters. The zero-order valence-corrected chi connectivity index (χ0v) is 14.0. The van der Waals surface area contributed by atoms with Crippen molar-refractivity contribution in [2.75, 3.05) is 6.26 Å². The lowest BCUT2D eigenvalue weighted by Gasteiger charge is -2.30. The number of nitrogens with one attached hydrogen (secondary N) is 1. The first-order valence-corrected chi connectivity index (χ1v) is 8.05. The summed E-state index contributed by atoms with van der Waals surface area (Å²) in [5, 5.41) is 11.9. The number of amides is 1.